The third kappa shape index (κ3) is 1.32. The van der Waals surface area contributed by atoms with Crippen LogP contribution in [0, 0.1) is 12.3 Å². The van der Waals surface area contributed by atoms with Crippen molar-refractivity contribution < 1.29 is 0 Å². The van der Waals surface area contributed by atoms with Gasteiger partial charge in [-0.05, 0) is 11.5 Å². The van der Waals surface area contributed by atoms with Gasteiger partial charge in [-0.15, -0.1) is 6.42 Å². The first-order chi connectivity index (χ1) is 6.42. The highest BCUT2D eigenvalue weighted by atomic mass is 15.1. The lowest BCUT2D eigenvalue weighted by atomic mass is 10.1. The molecular formula is C11H8N2. The van der Waals surface area contributed by atoms with E-state index in [0.717, 1.165) is 11.1 Å². The van der Waals surface area contributed by atoms with Crippen LogP contribution in [0.25, 0.3) is 11.1 Å². The minimum Gasteiger partial charge on any atom is -0.284 e. The van der Waals surface area contributed by atoms with E-state index in [1.54, 1.807) is 0 Å². The Morgan fingerprint density at radius 3 is 2.69 bits per heavy atom. The molecule has 1 aromatic carbocycles. The van der Waals surface area contributed by atoms with Gasteiger partial charge in [-0.2, -0.15) is 5.10 Å². The molecule has 13 heavy (non-hydrogen) atoms. The van der Waals surface area contributed by atoms with Crippen LogP contribution in [-0.2, 0) is 0 Å². The van der Waals surface area contributed by atoms with Gasteiger partial charge < -0.3 is 0 Å². The van der Waals surface area contributed by atoms with Crippen molar-refractivity contribution in [2.75, 3.05) is 0 Å². The zero-order valence-electron chi connectivity index (χ0n) is 6.99. The standard InChI is InChI=1S/C11H8N2/c1-2-11-10(8-12-13-11)9-6-4-3-5-7-9/h1,3-8H,(H,12,13). The second kappa shape index (κ2) is 3.16. The molecule has 0 bridgehead atoms. The molecular weight excluding hydrogens is 160 g/mol. The van der Waals surface area contributed by atoms with Crippen LogP contribution >= 0.6 is 0 Å². The van der Waals surface area contributed by atoms with E-state index in [1.807, 2.05) is 36.5 Å². The molecule has 2 aromatic rings. The minimum atomic E-state index is 0.659. The number of benzene rings is 1. The van der Waals surface area contributed by atoms with Crippen molar-refractivity contribution >= 4 is 0 Å². The lowest BCUT2D eigenvalue weighted by Crippen LogP contribution is -1.78. The summed E-state index contributed by atoms with van der Waals surface area (Å²) in [6.07, 6.45) is 7.11. The van der Waals surface area contributed by atoms with Crippen molar-refractivity contribution in [3.63, 3.8) is 0 Å². The Labute approximate surface area is 76.6 Å². The summed E-state index contributed by atoms with van der Waals surface area (Å²) in [6.45, 7) is 0. The highest BCUT2D eigenvalue weighted by Gasteiger charge is 2.03. The fourth-order valence-corrected chi connectivity index (χ4v) is 1.24. The van der Waals surface area contributed by atoms with Gasteiger partial charge in [0.2, 0.25) is 0 Å². The molecule has 62 valence electrons. The lowest BCUT2D eigenvalue weighted by Gasteiger charge is -1.95. The Morgan fingerprint density at radius 1 is 1.23 bits per heavy atom. The van der Waals surface area contributed by atoms with Crippen molar-refractivity contribution in [2.45, 2.75) is 0 Å². The molecule has 0 fully saturated rings. The van der Waals surface area contributed by atoms with Crippen LogP contribution in [0.5, 0.6) is 0 Å². The second-order valence-corrected chi connectivity index (χ2v) is 2.66. The van der Waals surface area contributed by atoms with Gasteiger partial charge in [0.05, 0.1) is 0 Å². The summed E-state index contributed by atoms with van der Waals surface area (Å²) in [4.78, 5) is 0. The molecule has 0 spiro atoms. The van der Waals surface area contributed by atoms with Gasteiger partial charge in [-0.25, -0.2) is 0 Å². The molecule has 2 nitrogen and oxygen atoms in total. The number of terminal acetylenes is 1. The zero-order valence-corrected chi connectivity index (χ0v) is 6.99. The topological polar surface area (TPSA) is 28.7 Å². The Bertz CT molecular complexity index is 435. The van der Waals surface area contributed by atoms with Crippen LogP contribution < -0.4 is 0 Å². The number of rotatable bonds is 1. The number of aromatic amines is 1. The van der Waals surface area contributed by atoms with Crippen molar-refractivity contribution in [3.05, 3.63) is 42.2 Å². The summed E-state index contributed by atoms with van der Waals surface area (Å²) in [5.41, 5.74) is 2.72. The average Bonchev–Trinajstić information content (AvgIpc) is 2.67. The van der Waals surface area contributed by atoms with E-state index in [9.17, 15) is 0 Å². The lowest BCUT2D eigenvalue weighted by molar-refractivity contribution is 1.08. The van der Waals surface area contributed by atoms with Crippen molar-refractivity contribution in [3.8, 4) is 23.5 Å². The second-order valence-electron chi connectivity index (χ2n) is 2.66. The number of nitrogens with zero attached hydrogens (tertiary/aromatic N) is 1. The predicted octanol–water partition coefficient (Wildman–Crippen LogP) is 2.06. The largest absolute Gasteiger partial charge is 0.284 e. The first-order valence-electron chi connectivity index (χ1n) is 3.97. The summed E-state index contributed by atoms with van der Waals surface area (Å²) in [5, 5.41) is 6.71. The smallest absolute Gasteiger partial charge is 0.142 e. The highest BCUT2D eigenvalue weighted by molar-refractivity contribution is 5.68. The third-order valence-corrected chi connectivity index (χ3v) is 1.86. The number of nitrogens with one attached hydrogen (secondary N) is 1. The molecule has 0 atom stereocenters. The molecule has 2 heteroatoms. The number of aromatic nitrogens is 2. The number of hydrogen-bond donors (Lipinski definition) is 1. The van der Waals surface area contributed by atoms with Crippen molar-refractivity contribution in [2.24, 2.45) is 0 Å². The van der Waals surface area contributed by atoms with Crippen LogP contribution in [0.2, 0.25) is 0 Å². The summed E-state index contributed by atoms with van der Waals surface area (Å²) in [5.74, 6) is 2.53. The van der Waals surface area contributed by atoms with Gasteiger partial charge in [-0.3, -0.25) is 5.10 Å². The molecule has 2 rings (SSSR count). The monoisotopic (exact) mass is 168 g/mol. The third-order valence-electron chi connectivity index (χ3n) is 1.86. The van der Waals surface area contributed by atoms with E-state index in [0.29, 0.717) is 5.69 Å². The predicted molar refractivity (Wildman–Crippen MR) is 52.0 cm³/mol. The molecule has 0 aliphatic rings. The van der Waals surface area contributed by atoms with Crippen LogP contribution in [0.4, 0.5) is 0 Å². The summed E-state index contributed by atoms with van der Waals surface area (Å²) < 4.78 is 0. The molecule has 1 N–H and O–H groups in total. The van der Waals surface area contributed by atoms with E-state index in [2.05, 4.69) is 16.1 Å². The van der Waals surface area contributed by atoms with Crippen LogP contribution in [0.3, 0.4) is 0 Å². The quantitative estimate of drug-likeness (QED) is 0.649. The molecule has 0 aliphatic heterocycles. The molecule has 0 aliphatic carbocycles. The van der Waals surface area contributed by atoms with Gasteiger partial charge >= 0.3 is 0 Å². The van der Waals surface area contributed by atoms with Gasteiger partial charge in [-0.1, -0.05) is 30.3 Å². The average molecular weight is 168 g/mol. The van der Waals surface area contributed by atoms with E-state index < -0.39 is 0 Å². The highest BCUT2D eigenvalue weighted by Crippen LogP contribution is 2.20. The minimum absolute atomic E-state index is 0.659. The normalized spacial score (nSPS) is 9.46. The molecule has 1 heterocycles. The maximum atomic E-state index is 5.30. The Balaban J connectivity index is 2.54. The SMILES string of the molecule is C#Cc1n[nH]cc1-c1ccccc1. The molecule has 0 unspecified atom stereocenters. The van der Waals surface area contributed by atoms with Gasteiger partial charge in [0.25, 0.3) is 0 Å². The van der Waals surface area contributed by atoms with Crippen molar-refractivity contribution in [1.29, 1.82) is 0 Å². The van der Waals surface area contributed by atoms with E-state index in [1.165, 1.54) is 0 Å². The summed E-state index contributed by atoms with van der Waals surface area (Å²) in [6, 6.07) is 9.93. The van der Waals surface area contributed by atoms with Crippen LogP contribution in [-0.4, -0.2) is 10.2 Å². The maximum absolute atomic E-state index is 5.30. The number of hydrogen-bond acceptors (Lipinski definition) is 1. The summed E-state index contributed by atoms with van der Waals surface area (Å²) >= 11 is 0. The molecule has 0 saturated carbocycles. The van der Waals surface area contributed by atoms with E-state index in [-0.39, 0.29) is 0 Å². The molecule has 0 saturated heterocycles. The van der Waals surface area contributed by atoms with Crippen LogP contribution in [0.1, 0.15) is 5.69 Å². The zero-order chi connectivity index (χ0) is 9.10. The molecule has 0 amide bonds. The number of H-pyrrole nitrogens is 1. The van der Waals surface area contributed by atoms with E-state index >= 15 is 0 Å². The summed E-state index contributed by atoms with van der Waals surface area (Å²) in [7, 11) is 0. The first-order valence-corrected chi connectivity index (χ1v) is 3.97. The molecule has 0 radical (unpaired) electrons. The fourth-order valence-electron chi connectivity index (χ4n) is 1.24. The van der Waals surface area contributed by atoms with Crippen molar-refractivity contribution in [1.82, 2.24) is 10.2 Å². The van der Waals surface area contributed by atoms with Gasteiger partial charge in [0.15, 0.2) is 0 Å². The fraction of sp³-hybridized carbons (Fsp3) is 0. The van der Waals surface area contributed by atoms with E-state index in [4.69, 9.17) is 6.42 Å². The Morgan fingerprint density at radius 2 is 2.00 bits per heavy atom. The van der Waals surface area contributed by atoms with Gasteiger partial charge in [0, 0.05) is 11.8 Å². The molecule has 1 aromatic heterocycles. The van der Waals surface area contributed by atoms with Crippen LogP contribution in [0.15, 0.2) is 36.5 Å². The Hall–Kier alpha value is -2.01. The Kier molecular flexibility index (Phi) is 1.85. The van der Waals surface area contributed by atoms with Gasteiger partial charge in [0.1, 0.15) is 5.69 Å². The first kappa shape index (κ1) is 7.63. The maximum Gasteiger partial charge on any atom is 0.142 e.